The summed E-state index contributed by atoms with van der Waals surface area (Å²) in [5.74, 6) is 0. The van der Waals surface area contributed by atoms with E-state index in [0.717, 1.165) is 11.1 Å². The smallest absolute Gasteiger partial charge is 0.411 e. The van der Waals surface area contributed by atoms with E-state index < -0.39 is 23.4 Å². The quantitative estimate of drug-likeness (QED) is 0.798. The van der Waals surface area contributed by atoms with Crippen LogP contribution in [0.15, 0.2) is 73.3 Å². The molecule has 2 aliphatic rings. The van der Waals surface area contributed by atoms with E-state index in [1.165, 1.54) is 6.08 Å². The molecular weight excluding hydrogens is 354 g/mol. The number of hydrogen-bond acceptors (Lipinski definition) is 4. The lowest BCUT2D eigenvalue weighted by Gasteiger charge is -2.60. The zero-order valence-electron chi connectivity index (χ0n) is 16.1. The number of ether oxygens (including phenoxy) is 2. The Hall–Kier alpha value is -2.63. The molecule has 1 aliphatic heterocycles. The minimum absolute atomic E-state index is 0.315. The van der Waals surface area contributed by atoms with Crippen LogP contribution in [0.1, 0.15) is 36.6 Å². The Balaban J connectivity index is 1.78. The molecule has 1 saturated carbocycles. The van der Waals surface area contributed by atoms with Gasteiger partial charge in [0.15, 0.2) is 6.10 Å². The van der Waals surface area contributed by atoms with Gasteiger partial charge in [-0.05, 0) is 18.1 Å². The number of nitrogens with zero attached hydrogens (tertiary/aromatic N) is 1. The number of hydrogen-bond donors (Lipinski definition) is 1. The molecule has 1 saturated heterocycles. The molecule has 0 spiro atoms. The molecule has 1 amide bonds. The lowest BCUT2D eigenvalue weighted by atomic mass is 9.61. The van der Waals surface area contributed by atoms with Gasteiger partial charge in [-0.1, -0.05) is 66.7 Å². The Morgan fingerprint density at radius 2 is 1.71 bits per heavy atom. The molecule has 0 radical (unpaired) electrons. The van der Waals surface area contributed by atoms with Crippen molar-refractivity contribution in [2.75, 3.05) is 7.11 Å². The minimum atomic E-state index is -1.20. The highest BCUT2D eigenvalue weighted by molar-refractivity contribution is 5.73. The standard InChI is InChI=1S/C23H25NO4/c1-4-23(26)15-18(22(23,2)27-3)24-19(16-11-7-5-8-12-16)20(28-21(24)25)17-13-9-6-10-14-17/h4-14,18-20,26H,1,15H2,2-3H3/t18-,19+,20-,22+,23+/m0/s1. The Morgan fingerprint density at radius 3 is 2.25 bits per heavy atom. The van der Waals surface area contributed by atoms with Crippen LogP contribution in [0.3, 0.4) is 0 Å². The average molecular weight is 379 g/mol. The fourth-order valence-electron chi connectivity index (χ4n) is 4.51. The molecule has 2 fully saturated rings. The lowest BCUT2D eigenvalue weighted by Crippen LogP contribution is -2.75. The van der Waals surface area contributed by atoms with E-state index in [-0.39, 0.29) is 12.1 Å². The van der Waals surface area contributed by atoms with Gasteiger partial charge in [-0.3, -0.25) is 4.90 Å². The molecule has 5 heteroatoms. The second-order valence-corrected chi connectivity index (χ2v) is 7.64. The first-order valence-electron chi connectivity index (χ1n) is 9.45. The van der Waals surface area contributed by atoms with Crippen molar-refractivity contribution in [3.63, 3.8) is 0 Å². The van der Waals surface area contributed by atoms with E-state index in [2.05, 4.69) is 6.58 Å². The zero-order valence-corrected chi connectivity index (χ0v) is 16.1. The molecule has 2 aromatic rings. The third kappa shape index (κ3) is 2.58. The van der Waals surface area contributed by atoms with E-state index in [9.17, 15) is 9.90 Å². The summed E-state index contributed by atoms with van der Waals surface area (Å²) in [6.07, 6.45) is 1.01. The maximum atomic E-state index is 13.0. The van der Waals surface area contributed by atoms with Crippen LogP contribution in [0.5, 0.6) is 0 Å². The SMILES string of the molecule is C=C[C@@]1(O)C[C@H](N2C(=O)O[C@@H](c3ccccc3)[C@H]2c2ccccc2)[C@@]1(C)OC. The molecule has 1 heterocycles. The zero-order chi connectivity index (χ0) is 19.9. The molecular formula is C23H25NO4. The number of rotatable bonds is 5. The summed E-state index contributed by atoms with van der Waals surface area (Å²) >= 11 is 0. The number of carbonyl (C=O) groups is 1. The summed E-state index contributed by atoms with van der Waals surface area (Å²) in [5, 5.41) is 10.9. The molecule has 146 valence electrons. The van der Waals surface area contributed by atoms with Gasteiger partial charge in [0.05, 0.1) is 6.04 Å². The Labute approximate surface area is 165 Å². The monoisotopic (exact) mass is 379 g/mol. The van der Waals surface area contributed by atoms with Crippen molar-refractivity contribution in [2.45, 2.75) is 42.7 Å². The predicted molar refractivity (Wildman–Crippen MR) is 106 cm³/mol. The van der Waals surface area contributed by atoms with Crippen molar-refractivity contribution in [3.05, 3.63) is 84.4 Å². The van der Waals surface area contributed by atoms with Crippen molar-refractivity contribution >= 4 is 6.09 Å². The summed E-state index contributed by atoms with van der Waals surface area (Å²) in [4.78, 5) is 14.8. The third-order valence-electron chi connectivity index (χ3n) is 6.39. The van der Waals surface area contributed by atoms with Gasteiger partial charge in [0, 0.05) is 13.5 Å². The van der Waals surface area contributed by atoms with Crippen LogP contribution in [-0.4, -0.2) is 40.5 Å². The van der Waals surface area contributed by atoms with Gasteiger partial charge in [-0.25, -0.2) is 4.79 Å². The van der Waals surface area contributed by atoms with Gasteiger partial charge < -0.3 is 14.6 Å². The second kappa shape index (κ2) is 6.76. The summed E-state index contributed by atoms with van der Waals surface area (Å²) < 4.78 is 11.6. The van der Waals surface area contributed by atoms with Crippen molar-refractivity contribution in [1.29, 1.82) is 0 Å². The molecule has 1 N–H and O–H groups in total. The second-order valence-electron chi connectivity index (χ2n) is 7.64. The molecule has 5 nitrogen and oxygen atoms in total. The van der Waals surface area contributed by atoms with Gasteiger partial charge in [-0.15, -0.1) is 6.58 Å². The predicted octanol–water partition coefficient (Wildman–Crippen LogP) is 4.02. The number of cyclic esters (lactones) is 1. The molecule has 4 rings (SSSR count). The summed E-state index contributed by atoms with van der Waals surface area (Å²) in [6.45, 7) is 5.57. The largest absolute Gasteiger partial charge is 0.439 e. The van der Waals surface area contributed by atoms with Crippen molar-refractivity contribution in [3.8, 4) is 0 Å². The maximum Gasteiger partial charge on any atom is 0.411 e. The van der Waals surface area contributed by atoms with Crippen LogP contribution in [0.25, 0.3) is 0 Å². The van der Waals surface area contributed by atoms with Crippen LogP contribution >= 0.6 is 0 Å². The first-order chi connectivity index (χ1) is 13.4. The third-order valence-corrected chi connectivity index (χ3v) is 6.39. The van der Waals surface area contributed by atoms with Gasteiger partial charge >= 0.3 is 6.09 Å². The highest BCUT2D eigenvalue weighted by Gasteiger charge is 2.67. The molecule has 28 heavy (non-hydrogen) atoms. The van der Waals surface area contributed by atoms with Crippen molar-refractivity contribution in [1.82, 2.24) is 4.90 Å². The fourth-order valence-corrected chi connectivity index (χ4v) is 4.51. The molecule has 5 atom stereocenters. The molecule has 0 aromatic heterocycles. The molecule has 0 bridgehead atoms. The van der Waals surface area contributed by atoms with E-state index in [0.29, 0.717) is 6.42 Å². The van der Waals surface area contributed by atoms with Gasteiger partial charge in [-0.2, -0.15) is 0 Å². The fraction of sp³-hybridized carbons (Fsp3) is 0.348. The highest BCUT2D eigenvalue weighted by Crippen LogP contribution is 2.54. The molecule has 0 unspecified atom stereocenters. The first-order valence-corrected chi connectivity index (χ1v) is 9.45. The lowest BCUT2D eigenvalue weighted by molar-refractivity contribution is -0.241. The summed E-state index contributed by atoms with van der Waals surface area (Å²) in [6, 6.07) is 18.9. The topological polar surface area (TPSA) is 59.0 Å². The minimum Gasteiger partial charge on any atom is -0.439 e. The first kappa shape index (κ1) is 18.7. The highest BCUT2D eigenvalue weighted by atomic mass is 16.6. The number of carbonyl (C=O) groups excluding carboxylic acids is 1. The number of methoxy groups -OCH3 is 1. The van der Waals surface area contributed by atoms with Gasteiger partial charge in [0.2, 0.25) is 0 Å². The van der Waals surface area contributed by atoms with E-state index in [4.69, 9.17) is 9.47 Å². The number of benzene rings is 2. The van der Waals surface area contributed by atoms with Crippen LogP contribution in [-0.2, 0) is 9.47 Å². The summed E-state index contributed by atoms with van der Waals surface area (Å²) in [5.41, 5.74) is -0.246. The van der Waals surface area contributed by atoms with Crippen LogP contribution < -0.4 is 0 Å². The number of amides is 1. The Kier molecular flexibility index (Phi) is 4.52. The Morgan fingerprint density at radius 1 is 1.14 bits per heavy atom. The van der Waals surface area contributed by atoms with E-state index in [1.54, 1.807) is 12.0 Å². The van der Waals surface area contributed by atoms with Gasteiger partial charge in [0.1, 0.15) is 17.2 Å². The van der Waals surface area contributed by atoms with Crippen LogP contribution in [0, 0.1) is 0 Å². The van der Waals surface area contributed by atoms with Crippen molar-refractivity contribution in [2.24, 2.45) is 0 Å². The van der Waals surface area contributed by atoms with Crippen LogP contribution in [0.2, 0.25) is 0 Å². The maximum absolute atomic E-state index is 13.0. The van der Waals surface area contributed by atoms with E-state index >= 15 is 0 Å². The average Bonchev–Trinajstić information content (AvgIpc) is 3.08. The van der Waals surface area contributed by atoms with Crippen molar-refractivity contribution < 1.29 is 19.4 Å². The Bertz CT molecular complexity index is 871. The normalized spacial score (nSPS) is 34.6. The van der Waals surface area contributed by atoms with Crippen LogP contribution in [0.4, 0.5) is 4.79 Å². The molecule has 1 aliphatic carbocycles. The number of aliphatic hydroxyl groups is 1. The summed E-state index contributed by atoms with van der Waals surface area (Å²) in [7, 11) is 1.55. The molecule has 2 aromatic carbocycles. The van der Waals surface area contributed by atoms with E-state index in [1.807, 2.05) is 67.6 Å². The van der Waals surface area contributed by atoms with Gasteiger partial charge in [0.25, 0.3) is 0 Å².